The highest BCUT2D eigenvalue weighted by molar-refractivity contribution is 9.10. The summed E-state index contributed by atoms with van der Waals surface area (Å²) in [5.41, 5.74) is 5.11. The quantitative estimate of drug-likeness (QED) is 0.720. The highest BCUT2D eigenvalue weighted by atomic mass is 79.9. The van der Waals surface area contributed by atoms with E-state index in [4.69, 9.17) is 15.2 Å². The van der Waals surface area contributed by atoms with E-state index in [1.165, 1.54) is 6.07 Å². The van der Waals surface area contributed by atoms with Crippen molar-refractivity contribution in [3.05, 3.63) is 28.2 Å². The van der Waals surface area contributed by atoms with E-state index >= 15 is 0 Å². The summed E-state index contributed by atoms with van der Waals surface area (Å²) >= 11 is 3.26. The van der Waals surface area contributed by atoms with Crippen LogP contribution in [0.3, 0.4) is 0 Å². The Balaban J connectivity index is 2.65. The molecule has 0 aliphatic heterocycles. The van der Waals surface area contributed by atoms with Gasteiger partial charge in [-0.15, -0.1) is 0 Å². The van der Waals surface area contributed by atoms with Crippen molar-refractivity contribution in [2.45, 2.75) is 45.5 Å². The third-order valence-electron chi connectivity index (χ3n) is 3.48. The zero-order chi connectivity index (χ0) is 18.8. The van der Waals surface area contributed by atoms with E-state index in [0.29, 0.717) is 10.9 Å². The van der Waals surface area contributed by atoms with Gasteiger partial charge in [0.05, 0.1) is 27.0 Å². The van der Waals surface area contributed by atoms with Crippen LogP contribution in [0.25, 0.3) is 10.9 Å². The maximum absolute atomic E-state index is 13.6. The van der Waals surface area contributed by atoms with Gasteiger partial charge < -0.3 is 15.2 Å². The average molecular weight is 421 g/mol. The Morgan fingerprint density at radius 2 is 1.96 bits per heavy atom. The van der Waals surface area contributed by atoms with Gasteiger partial charge in [-0.05, 0) is 48.3 Å². The first kappa shape index (κ1) is 19.8. The van der Waals surface area contributed by atoms with Crippen LogP contribution in [0, 0.1) is 0 Å². The molecule has 0 aliphatic rings. The Kier molecular flexibility index (Phi) is 6.16. The maximum atomic E-state index is 13.6. The number of aromatic nitrogens is 1. The van der Waals surface area contributed by atoms with Gasteiger partial charge in [0.15, 0.2) is 0 Å². The first-order valence-corrected chi connectivity index (χ1v) is 8.68. The predicted molar refractivity (Wildman–Crippen MR) is 94.0 cm³/mol. The van der Waals surface area contributed by atoms with Crippen LogP contribution in [-0.4, -0.2) is 23.7 Å². The number of hydrogen-bond donors (Lipinski definition) is 1. The summed E-state index contributed by atoms with van der Waals surface area (Å²) in [5, 5.41) is -0.110. The normalized spacial score (nSPS) is 13.3. The van der Waals surface area contributed by atoms with Crippen LogP contribution in [0.5, 0.6) is 11.6 Å². The smallest absolute Gasteiger partial charge is 0.417 e. The molecule has 0 saturated carbocycles. The molecule has 25 heavy (non-hydrogen) atoms. The molecule has 0 aliphatic carbocycles. The van der Waals surface area contributed by atoms with Gasteiger partial charge in [-0.2, -0.15) is 13.2 Å². The molecule has 0 bridgehead atoms. The van der Waals surface area contributed by atoms with E-state index in [1.807, 2.05) is 6.92 Å². The lowest BCUT2D eigenvalue weighted by Crippen LogP contribution is -2.27. The van der Waals surface area contributed by atoms with Crippen LogP contribution in [0.1, 0.15) is 32.8 Å². The molecule has 2 rings (SSSR count). The van der Waals surface area contributed by atoms with Gasteiger partial charge in [0.25, 0.3) is 0 Å². The lowest BCUT2D eigenvalue weighted by Gasteiger charge is -2.19. The molecule has 0 fully saturated rings. The molecular formula is C17H20BrF3N2O2. The molecule has 1 aromatic carbocycles. The van der Waals surface area contributed by atoms with Gasteiger partial charge in [-0.25, -0.2) is 4.98 Å². The minimum Gasteiger partial charge on any atom is -0.490 e. The number of alkyl halides is 3. The molecule has 0 radical (unpaired) electrons. The summed E-state index contributed by atoms with van der Waals surface area (Å²) in [6, 6.07) is 3.73. The fourth-order valence-electron chi connectivity index (χ4n) is 2.22. The van der Waals surface area contributed by atoms with Crippen molar-refractivity contribution in [2.75, 3.05) is 6.61 Å². The summed E-state index contributed by atoms with van der Waals surface area (Å²) in [7, 11) is 0. The number of ether oxygens (including phenoxy) is 2. The second kappa shape index (κ2) is 7.78. The Morgan fingerprint density at radius 3 is 2.52 bits per heavy atom. The molecule has 1 heterocycles. The topological polar surface area (TPSA) is 57.4 Å². The van der Waals surface area contributed by atoms with Gasteiger partial charge in [0, 0.05) is 12.1 Å². The molecule has 1 atom stereocenters. The zero-order valence-corrected chi connectivity index (χ0v) is 15.7. The van der Waals surface area contributed by atoms with Gasteiger partial charge in [0.1, 0.15) is 12.4 Å². The van der Waals surface area contributed by atoms with Crippen molar-refractivity contribution in [1.82, 2.24) is 4.98 Å². The summed E-state index contributed by atoms with van der Waals surface area (Å²) in [6.07, 6.45) is -4.22. The SMILES string of the molecule is CC[C@@H](N)COc1c(Br)ccc2nc(OC(C)C)cc(C(F)(F)F)c12. The van der Waals surface area contributed by atoms with E-state index in [1.54, 1.807) is 19.9 Å². The molecule has 2 N–H and O–H groups in total. The number of pyridine rings is 1. The second-order valence-electron chi connectivity index (χ2n) is 5.92. The lowest BCUT2D eigenvalue weighted by molar-refractivity contribution is -0.136. The van der Waals surface area contributed by atoms with E-state index in [2.05, 4.69) is 20.9 Å². The van der Waals surface area contributed by atoms with Crippen LogP contribution < -0.4 is 15.2 Å². The fourth-order valence-corrected chi connectivity index (χ4v) is 2.67. The number of nitrogens with two attached hydrogens (primary N) is 1. The van der Waals surface area contributed by atoms with Crippen LogP contribution in [0.4, 0.5) is 13.2 Å². The molecule has 8 heteroatoms. The van der Waals surface area contributed by atoms with Crippen LogP contribution >= 0.6 is 15.9 Å². The first-order valence-electron chi connectivity index (χ1n) is 7.89. The summed E-state index contributed by atoms with van der Waals surface area (Å²) in [6.45, 7) is 5.43. The summed E-state index contributed by atoms with van der Waals surface area (Å²) in [4.78, 5) is 4.18. The van der Waals surface area contributed by atoms with Crippen molar-refractivity contribution in [2.24, 2.45) is 5.73 Å². The van der Waals surface area contributed by atoms with Gasteiger partial charge in [0.2, 0.25) is 5.88 Å². The average Bonchev–Trinajstić information content (AvgIpc) is 2.51. The standard InChI is InChI=1S/C17H20BrF3N2O2/c1-4-10(22)8-24-16-12(18)5-6-13-15(16)11(17(19,20)21)7-14(23-13)25-9(2)3/h5-7,9-10H,4,8,22H2,1-3H3/t10-/m1/s1. The number of fused-ring (bicyclic) bond motifs is 1. The number of benzene rings is 1. The number of halogens is 4. The van der Waals surface area contributed by atoms with Gasteiger partial charge >= 0.3 is 6.18 Å². The molecule has 0 spiro atoms. The monoisotopic (exact) mass is 420 g/mol. The van der Waals surface area contributed by atoms with Crippen molar-refractivity contribution in [1.29, 1.82) is 0 Å². The Bertz CT molecular complexity index is 751. The van der Waals surface area contributed by atoms with Crippen molar-refractivity contribution in [3.8, 4) is 11.6 Å². The van der Waals surface area contributed by atoms with Crippen molar-refractivity contribution < 1.29 is 22.6 Å². The molecule has 0 saturated heterocycles. The summed E-state index contributed by atoms with van der Waals surface area (Å²) < 4.78 is 52.3. The Morgan fingerprint density at radius 1 is 1.28 bits per heavy atom. The zero-order valence-electron chi connectivity index (χ0n) is 14.2. The fraction of sp³-hybridized carbons (Fsp3) is 0.471. The summed E-state index contributed by atoms with van der Waals surface area (Å²) in [5.74, 6) is 0.00526. The van der Waals surface area contributed by atoms with Crippen molar-refractivity contribution >= 4 is 26.8 Å². The van der Waals surface area contributed by atoms with E-state index in [0.717, 1.165) is 6.07 Å². The molecule has 0 amide bonds. The molecule has 4 nitrogen and oxygen atoms in total. The van der Waals surface area contributed by atoms with Crippen LogP contribution in [0.15, 0.2) is 22.7 Å². The second-order valence-corrected chi connectivity index (χ2v) is 6.78. The van der Waals surface area contributed by atoms with Crippen molar-refractivity contribution in [3.63, 3.8) is 0 Å². The van der Waals surface area contributed by atoms with Crippen LogP contribution in [0.2, 0.25) is 0 Å². The number of nitrogens with zero attached hydrogens (tertiary/aromatic N) is 1. The largest absolute Gasteiger partial charge is 0.490 e. The highest BCUT2D eigenvalue weighted by Gasteiger charge is 2.35. The predicted octanol–water partition coefficient (Wildman–Crippen LogP) is 4.92. The van der Waals surface area contributed by atoms with E-state index in [9.17, 15) is 13.2 Å². The third kappa shape index (κ3) is 4.76. The first-order chi connectivity index (χ1) is 11.6. The van der Waals surface area contributed by atoms with E-state index in [-0.39, 0.29) is 41.3 Å². The molecule has 138 valence electrons. The lowest BCUT2D eigenvalue weighted by atomic mass is 10.1. The molecule has 0 unspecified atom stereocenters. The minimum absolute atomic E-state index is 0.0756. The molecule has 1 aromatic heterocycles. The minimum atomic E-state index is -4.58. The number of rotatable bonds is 6. The Labute approximate surface area is 152 Å². The highest BCUT2D eigenvalue weighted by Crippen LogP contribution is 2.43. The Hall–Kier alpha value is -1.54. The van der Waals surface area contributed by atoms with Crippen LogP contribution in [-0.2, 0) is 6.18 Å². The van der Waals surface area contributed by atoms with E-state index < -0.39 is 11.7 Å². The number of hydrogen-bond acceptors (Lipinski definition) is 4. The van der Waals surface area contributed by atoms with Gasteiger partial charge in [-0.3, -0.25) is 0 Å². The van der Waals surface area contributed by atoms with Gasteiger partial charge in [-0.1, -0.05) is 6.92 Å². The third-order valence-corrected chi connectivity index (χ3v) is 4.11. The maximum Gasteiger partial charge on any atom is 0.417 e. The molecular weight excluding hydrogens is 401 g/mol. The molecule has 2 aromatic rings.